The normalized spacial score (nSPS) is 13.8. The first-order valence-corrected chi connectivity index (χ1v) is 9.26. The molecule has 0 aliphatic carbocycles. The molecule has 0 fully saturated rings. The van der Waals surface area contributed by atoms with Gasteiger partial charge in [0.2, 0.25) is 0 Å². The zero-order valence-electron chi connectivity index (χ0n) is 14.3. The van der Waals surface area contributed by atoms with E-state index in [2.05, 4.69) is 66.6 Å². The lowest BCUT2D eigenvalue weighted by molar-refractivity contribution is -0.925. The van der Waals surface area contributed by atoms with Crippen LogP contribution in [0.25, 0.3) is 21.5 Å². The molecule has 5 heteroatoms. The third-order valence-electron chi connectivity index (χ3n) is 4.58. The van der Waals surface area contributed by atoms with Crippen molar-refractivity contribution in [3.63, 3.8) is 0 Å². The predicted octanol–water partition coefficient (Wildman–Crippen LogP) is 3.73. The molecule has 4 aromatic rings. The first kappa shape index (κ1) is 16.0. The van der Waals surface area contributed by atoms with Crippen LogP contribution >= 0.6 is 11.3 Å². The highest BCUT2D eigenvalue weighted by atomic mass is 32.1. The number of hydrogen-bond donors (Lipinski definition) is 1. The number of rotatable bonds is 5. The molecule has 0 saturated carbocycles. The molecule has 0 aliphatic rings. The highest BCUT2D eigenvalue weighted by molar-refractivity contribution is 7.13. The van der Waals surface area contributed by atoms with E-state index in [1.165, 1.54) is 21.2 Å². The van der Waals surface area contributed by atoms with Crippen LogP contribution in [0.5, 0.6) is 0 Å². The van der Waals surface area contributed by atoms with E-state index < -0.39 is 0 Å². The van der Waals surface area contributed by atoms with Crippen molar-refractivity contribution in [1.29, 1.82) is 0 Å². The highest BCUT2D eigenvalue weighted by Gasteiger charge is 2.23. The lowest BCUT2D eigenvalue weighted by Crippen LogP contribution is -3.07. The fraction of sp³-hybridized carbons (Fsp3) is 0.200. The van der Waals surface area contributed by atoms with Gasteiger partial charge < -0.3 is 9.32 Å². The van der Waals surface area contributed by atoms with Crippen molar-refractivity contribution in [3.05, 3.63) is 71.4 Å². The zero-order chi connectivity index (χ0) is 17.2. The number of benzene rings is 2. The summed E-state index contributed by atoms with van der Waals surface area (Å²) in [5.74, 6) is 1.29. The van der Waals surface area contributed by atoms with Gasteiger partial charge in [0, 0.05) is 5.56 Å². The first-order valence-electron chi connectivity index (χ1n) is 8.38. The minimum absolute atomic E-state index is 0.132. The second-order valence-corrected chi connectivity index (χ2v) is 7.30. The van der Waals surface area contributed by atoms with Gasteiger partial charge in [-0.05, 0) is 35.2 Å². The van der Waals surface area contributed by atoms with Crippen molar-refractivity contribution in [3.8, 4) is 10.8 Å². The number of nitrogens with zero attached hydrogens (tertiary/aromatic N) is 2. The number of hydrogen-bond acceptors (Lipinski definition) is 4. The average molecular weight is 350 g/mol. The van der Waals surface area contributed by atoms with Crippen LogP contribution in [-0.2, 0) is 6.54 Å². The van der Waals surface area contributed by atoms with Crippen molar-refractivity contribution in [1.82, 2.24) is 10.2 Å². The minimum atomic E-state index is 0.132. The molecule has 4 rings (SSSR count). The Bertz CT molecular complexity index is 977. The fourth-order valence-electron chi connectivity index (χ4n) is 2.94. The summed E-state index contributed by atoms with van der Waals surface area (Å²) in [5, 5.41) is 13.0. The van der Waals surface area contributed by atoms with E-state index >= 15 is 0 Å². The summed E-state index contributed by atoms with van der Waals surface area (Å²) in [5.41, 5.74) is 1.31. The summed E-state index contributed by atoms with van der Waals surface area (Å²) < 4.78 is 5.89. The molecule has 0 aliphatic heterocycles. The van der Waals surface area contributed by atoms with Crippen molar-refractivity contribution in [2.24, 2.45) is 0 Å². The number of fused-ring (bicyclic) bond motifs is 1. The second-order valence-electron chi connectivity index (χ2n) is 6.35. The Hall–Kier alpha value is -2.50. The molecule has 126 valence electrons. The van der Waals surface area contributed by atoms with Gasteiger partial charge in [0.15, 0.2) is 6.04 Å². The van der Waals surface area contributed by atoms with E-state index in [9.17, 15) is 0 Å². The Labute approximate surface area is 150 Å². The van der Waals surface area contributed by atoms with Crippen LogP contribution < -0.4 is 4.90 Å². The maximum Gasteiger partial charge on any atom is 0.274 e. The molecule has 4 nitrogen and oxygen atoms in total. The third-order valence-corrected chi connectivity index (χ3v) is 5.44. The van der Waals surface area contributed by atoms with Gasteiger partial charge in [0.25, 0.3) is 11.8 Å². The molecule has 0 saturated heterocycles. The highest BCUT2D eigenvalue weighted by Crippen LogP contribution is 2.24. The molecular formula is C20H20N3OS+. The van der Waals surface area contributed by atoms with Gasteiger partial charge in [0.05, 0.1) is 11.9 Å². The summed E-state index contributed by atoms with van der Waals surface area (Å²) in [6.07, 6.45) is 0. The molecule has 0 spiro atoms. The molecule has 0 radical (unpaired) electrons. The Morgan fingerprint density at radius 3 is 2.68 bits per heavy atom. The lowest BCUT2D eigenvalue weighted by atomic mass is 10.1. The molecule has 25 heavy (non-hydrogen) atoms. The molecule has 2 heterocycles. The molecule has 1 unspecified atom stereocenters. The SMILES string of the molecule is C[C@@H](c1nnc(-c2cccs2)o1)[NH+](C)Cc1ccc2ccccc2c1. The van der Waals surface area contributed by atoms with Crippen LogP contribution in [0, 0.1) is 0 Å². The van der Waals surface area contributed by atoms with Gasteiger partial charge in [-0.15, -0.1) is 21.5 Å². The topological polar surface area (TPSA) is 43.4 Å². The maximum absolute atomic E-state index is 5.89. The van der Waals surface area contributed by atoms with Gasteiger partial charge in [0.1, 0.15) is 6.54 Å². The monoisotopic (exact) mass is 350 g/mol. The van der Waals surface area contributed by atoms with E-state index in [-0.39, 0.29) is 6.04 Å². The van der Waals surface area contributed by atoms with Crippen LogP contribution in [0.1, 0.15) is 24.4 Å². The van der Waals surface area contributed by atoms with Crippen LogP contribution in [-0.4, -0.2) is 17.2 Å². The molecule has 2 atom stereocenters. The van der Waals surface area contributed by atoms with Crippen molar-refractivity contribution >= 4 is 22.1 Å². The summed E-state index contributed by atoms with van der Waals surface area (Å²) in [6.45, 7) is 3.03. The average Bonchev–Trinajstić information content (AvgIpc) is 3.32. The smallest absolute Gasteiger partial charge is 0.274 e. The summed E-state index contributed by atoms with van der Waals surface area (Å²) in [7, 11) is 2.16. The van der Waals surface area contributed by atoms with E-state index in [0.717, 1.165) is 11.4 Å². The largest absolute Gasteiger partial charge is 0.414 e. The Morgan fingerprint density at radius 2 is 1.88 bits per heavy atom. The Morgan fingerprint density at radius 1 is 1.04 bits per heavy atom. The van der Waals surface area contributed by atoms with Gasteiger partial charge >= 0.3 is 0 Å². The molecule has 2 aromatic heterocycles. The van der Waals surface area contributed by atoms with Gasteiger partial charge in [-0.3, -0.25) is 0 Å². The standard InChI is InChI=1S/C20H19N3OS/c1-14(19-21-22-20(24-19)18-8-5-11-25-18)23(2)13-15-9-10-16-6-3-4-7-17(16)12-15/h3-12,14H,13H2,1-2H3/p+1/t14-/m0/s1. The van der Waals surface area contributed by atoms with E-state index in [4.69, 9.17) is 4.42 Å². The predicted molar refractivity (Wildman–Crippen MR) is 101 cm³/mol. The summed E-state index contributed by atoms with van der Waals surface area (Å²) in [6, 6.07) is 19.2. The van der Waals surface area contributed by atoms with Crippen molar-refractivity contribution in [2.45, 2.75) is 19.5 Å². The number of thiophene rings is 1. The summed E-state index contributed by atoms with van der Waals surface area (Å²) in [4.78, 5) is 2.33. The quantitative estimate of drug-likeness (QED) is 0.596. The lowest BCUT2D eigenvalue weighted by Gasteiger charge is -2.19. The molecule has 0 bridgehead atoms. The van der Waals surface area contributed by atoms with E-state index in [0.29, 0.717) is 11.8 Å². The molecular weight excluding hydrogens is 330 g/mol. The number of aromatic nitrogens is 2. The second kappa shape index (κ2) is 6.78. The van der Waals surface area contributed by atoms with E-state index in [1.807, 2.05) is 17.5 Å². The maximum atomic E-state index is 5.89. The van der Waals surface area contributed by atoms with Crippen LogP contribution in [0.4, 0.5) is 0 Å². The van der Waals surface area contributed by atoms with Gasteiger partial charge in [-0.1, -0.05) is 42.5 Å². The minimum Gasteiger partial charge on any atom is -0.414 e. The number of nitrogens with one attached hydrogen (secondary N) is 1. The Kier molecular flexibility index (Phi) is 4.34. The van der Waals surface area contributed by atoms with Crippen LogP contribution in [0.2, 0.25) is 0 Å². The van der Waals surface area contributed by atoms with Crippen molar-refractivity contribution in [2.75, 3.05) is 7.05 Å². The van der Waals surface area contributed by atoms with Crippen molar-refractivity contribution < 1.29 is 9.32 Å². The third kappa shape index (κ3) is 3.34. The van der Waals surface area contributed by atoms with Gasteiger partial charge in [-0.2, -0.15) is 0 Å². The molecule has 2 aromatic carbocycles. The fourth-order valence-corrected chi connectivity index (χ4v) is 3.59. The molecule has 0 amide bonds. The van der Waals surface area contributed by atoms with Crippen LogP contribution in [0.3, 0.4) is 0 Å². The van der Waals surface area contributed by atoms with E-state index in [1.54, 1.807) is 11.3 Å². The number of quaternary nitrogens is 1. The molecule has 1 N–H and O–H groups in total. The van der Waals surface area contributed by atoms with Crippen LogP contribution in [0.15, 0.2) is 64.4 Å². The zero-order valence-corrected chi connectivity index (χ0v) is 15.1. The van der Waals surface area contributed by atoms with Gasteiger partial charge in [-0.25, -0.2) is 0 Å². The first-order chi connectivity index (χ1) is 12.2. The Balaban J connectivity index is 1.50. The summed E-state index contributed by atoms with van der Waals surface area (Å²) >= 11 is 1.61.